The third-order valence-corrected chi connectivity index (χ3v) is 4.71. The Hall–Kier alpha value is -1.90. The highest BCUT2D eigenvalue weighted by Gasteiger charge is 2.17. The molecule has 0 fully saturated rings. The van der Waals surface area contributed by atoms with Gasteiger partial charge in [0, 0.05) is 10.9 Å². The maximum absolute atomic E-state index is 3.76. The van der Waals surface area contributed by atoms with E-state index in [1.165, 1.54) is 16.0 Å². The second kappa shape index (κ2) is 6.70. The van der Waals surface area contributed by atoms with E-state index in [0.29, 0.717) is 6.04 Å². The van der Waals surface area contributed by atoms with Crippen LogP contribution in [0.1, 0.15) is 35.0 Å². The average molecular weight is 293 g/mol. The fourth-order valence-electron chi connectivity index (χ4n) is 2.55. The fraction of sp³-hybridized carbons (Fsp3) is 0.158. The van der Waals surface area contributed by atoms with E-state index in [-0.39, 0.29) is 6.04 Å². The highest BCUT2D eigenvalue weighted by atomic mass is 32.1. The molecule has 3 aromatic rings. The van der Waals surface area contributed by atoms with Crippen LogP contribution >= 0.6 is 11.3 Å². The van der Waals surface area contributed by atoms with Crippen LogP contribution in [0.4, 0.5) is 0 Å². The standard InChI is InChI=1S/C19H19NS/c1-15(18-13-8-14-21-18)20-19(16-9-4-2-5-10-16)17-11-6-3-7-12-17/h2-15,19-20H,1H3. The molecule has 1 atom stereocenters. The number of nitrogens with one attached hydrogen (secondary N) is 1. The zero-order chi connectivity index (χ0) is 14.5. The van der Waals surface area contributed by atoms with Gasteiger partial charge in [-0.3, -0.25) is 5.32 Å². The lowest BCUT2D eigenvalue weighted by Gasteiger charge is -2.24. The van der Waals surface area contributed by atoms with Crippen LogP contribution in [0, 0.1) is 0 Å². The predicted octanol–water partition coefficient (Wildman–Crippen LogP) is 5.19. The van der Waals surface area contributed by atoms with Crippen molar-refractivity contribution in [3.05, 3.63) is 94.2 Å². The Morgan fingerprint density at radius 2 is 1.33 bits per heavy atom. The fourth-order valence-corrected chi connectivity index (χ4v) is 3.29. The molecule has 0 saturated carbocycles. The van der Waals surface area contributed by atoms with E-state index in [0.717, 1.165) is 0 Å². The van der Waals surface area contributed by atoms with Gasteiger partial charge in [0.05, 0.1) is 6.04 Å². The van der Waals surface area contributed by atoms with E-state index in [1.807, 2.05) is 0 Å². The molecular formula is C19H19NS. The second-order valence-electron chi connectivity index (χ2n) is 5.16. The molecule has 2 aromatic carbocycles. The highest BCUT2D eigenvalue weighted by molar-refractivity contribution is 7.10. The van der Waals surface area contributed by atoms with E-state index in [2.05, 4.69) is 90.4 Å². The van der Waals surface area contributed by atoms with Crippen LogP contribution in [0.3, 0.4) is 0 Å². The molecule has 0 spiro atoms. The molecule has 1 heterocycles. The minimum absolute atomic E-state index is 0.212. The maximum Gasteiger partial charge on any atom is 0.0581 e. The van der Waals surface area contributed by atoms with Crippen molar-refractivity contribution in [2.45, 2.75) is 19.0 Å². The Kier molecular flexibility index (Phi) is 4.49. The van der Waals surface area contributed by atoms with E-state index in [9.17, 15) is 0 Å². The summed E-state index contributed by atoms with van der Waals surface area (Å²) < 4.78 is 0. The van der Waals surface area contributed by atoms with Gasteiger partial charge in [-0.15, -0.1) is 11.3 Å². The van der Waals surface area contributed by atoms with Crippen molar-refractivity contribution in [2.24, 2.45) is 0 Å². The van der Waals surface area contributed by atoms with Gasteiger partial charge < -0.3 is 0 Å². The first-order valence-corrected chi connectivity index (χ1v) is 8.12. The van der Waals surface area contributed by atoms with Crippen LogP contribution in [0.25, 0.3) is 0 Å². The summed E-state index contributed by atoms with van der Waals surface area (Å²) in [5.41, 5.74) is 2.60. The summed E-state index contributed by atoms with van der Waals surface area (Å²) in [5, 5.41) is 5.89. The summed E-state index contributed by atoms with van der Waals surface area (Å²) in [7, 11) is 0. The number of hydrogen-bond acceptors (Lipinski definition) is 2. The van der Waals surface area contributed by atoms with Gasteiger partial charge in [-0.1, -0.05) is 66.7 Å². The Labute approximate surface area is 130 Å². The minimum Gasteiger partial charge on any atom is -0.299 e. The van der Waals surface area contributed by atoms with Gasteiger partial charge in [-0.2, -0.15) is 0 Å². The topological polar surface area (TPSA) is 12.0 Å². The average Bonchev–Trinajstić information content (AvgIpc) is 3.09. The highest BCUT2D eigenvalue weighted by Crippen LogP contribution is 2.27. The van der Waals surface area contributed by atoms with Gasteiger partial charge in [-0.25, -0.2) is 0 Å². The maximum atomic E-state index is 3.76. The normalized spacial score (nSPS) is 12.5. The summed E-state index contributed by atoms with van der Waals surface area (Å²) in [6, 6.07) is 26.1. The van der Waals surface area contributed by atoms with Crippen molar-refractivity contribution in [3.8, 4) is 0 Å². The molecule has 0 amide bonds. The largest absolute Gasteiger partial charge is 0.299 e. The third kappa shape index (κ3) is 3.41. The molecule has 1 aromatic heterocycles. The van der Waals surface area contributed by atoms with Gasteiger partial charge in [0.2, 0.25) is 0 Å². The van der Waals surface area contributed by atoms with Crippen molar-refractivity contribution >= 4 is 11.3 Å². The summed E-state index contributed by atoms with van der Waals surface area (Å²) in [6.45, 7) is 2.23. The lowest BCUT2D eigenvalue weighted by molar-refractivity contribution is 0.522. The quantitative estimate of drug-likeness (QED) is 0.682. The molecule has 3 rings (SSSR count). The van der Waals surface area contributed by atoms with Gasteiger partial charge in [0.25, 0.3) is 0 Å². The first-order chi connectivity index (χ1) is 10.3. The smallest absolute Gasteiger partial charge is 0.0581 e. The predicted molar refractivity (Wildman–Crippen MR) is 90.6 cm³/mol. The Balaban J connectivity index is 1.90. The zero-order valence-electron chi connectivity index (χ0n) is 12.1. The number of thiophene rings is 1. The molecule has 0 aliphatic carbocycles. The molecule has 106 valence electrons. The molecule has 0 aliphatic heterocycles. The lowest BCUT2D eigenvalue weighted by Crippen LogP contribution is -2.25. The van der Waals surface area contributed by atoms with Gasteiger partial charge in [-0.05, 0) is 29.5 Å². The molecular weight excluding hydrogens is 274 g/mol. The van der Waals surface area contributed by atoms with Crippen LogP contribution in [0.5, 0.6) is 0 Å². The molecule has 1 nitrogen and oxygen atoms in total. The van der Waals surface area contributed by atoms with Crippen LogP contribution < -0.4 is 5.32 Å². The van der Waals surface area contributed by atoms with Crippen molar-refractivity contribution in [3.63, 3.8) is 0 Å². The Morgan fingerprint density at radius 1 is 0.762 bits per heavy atom. The zero-order valence-corrected chi connectivity index (χ0v) is 12.9. The van der Waals surface area contributed by atoms with Gasteiger partial charge >= 0.3 is 0 Å². The first-order valence-electron chi connectivity index (χ1n) is 7.24. The van der Waals surface area contributed by atoms with E-state index in [4.69, 9.17) is 0 Å². The Bertz CT molecular complexity index is 607. The monoisotopic (exact) mass is 293 g/mol. The summed E-state index contributed by atoms with van der Waals surface area (Å²) in [6.07, 6.45) is 0. The van der Waals surface area contributed by atoms with E-state index >= 15 is 0 Å². The van der Waals surface area contributed by atoms with Crippen LogP contribution in [-0.4, -0.2) is 0 Å². The van der Waals surface area contributed by atoms with Crippen LogP contribution in [0.2, 0.25) is 0 Å². The minimum atomic E-state index is 0.212. The van der Waals surface area contributed by atoms with Crippen molar-refractivity contribution < 1.29 is 0 Å². The summed E-state index contributed by atoms with van der Waals surface area (Å²) >= 11 is 1.80. The molecule has 1 N–H and O–H groups in total. The molecule has 0 saturated heterocycles. The van der Waals surface area contributed by atoms with Crippen LogP contribution in [0.15, 0.2) is 78.2 Å². The summed E-state index contributed by atoms with van der Waals surface area (Å²) in [4.78, 5) is 1.37. The van der Waals surface area contributed by atoms with Crippen molar-refractivity contribution in [1.29, 1.82) is 0 Å². The molecule has 1 unspecified atom stereocenters. The molecule has 0 radical (unpaired) electrons. The molecule has 0 aliphatic rings. The Morgan fingerprint density at radius 3 is 1.81 bits per heavy atom. The molecule has 21 heavy (non-hydrogen) atoms. The van der Waals surface area contributed by atoms with Crippen molar-refractivity contribution in [1.82, 2.24) is 5.32 Å². The van der Waals surface area contributed by atoms with E-state index < -0.39 is 0 Å². The lowest BCUT2D eigenvalue weighted by atomic mass is 9.98. The number of benzene rings is 2. The first kappa shape index (κ1) is 14.1. The summed E-state index contributed by atoms with van der Waals surface area (Å²) in [5.74, 6) is 0. The third-order valence-electron chi connectivity index (χ3n) is 3.65. The molecule has 2 heteroatoms. The number of rotatable bonds is 5. The van der Waals surface area contributed by atoms with E-state index in [1.54, 1.807) is 11.3 Å². The van der Waals surface area contributed by atoms with Crippen LogP contribution in [-0.2, 0) is 0 Å². The second-order valence-corrected chi connectivity index (χ2v) is 6.14. The molecule has 0 bridgehead atoms. The van der Waals surface area contributed by atoms with Crippen molar-refractivity contribution in [2.75, 3.05) is 0 Å². The number of hydrogen-bond donors (Lipinski definition) is 1. The van der Waals surface area contributed by atoms with Gasteiger partial charge in [0.15, 0.2) is 0 Å². The van der Waals surface area contributed by atoms with Gasteiger partial charge in [0.1, 0.15) is 0 Å². The SMILES string of the molecule is CC(NC(c1ccccc1)c1ccccc1)c1cccs1.